The van der Waals surface area contributed by atoms with E-state index in [0.29, 0.717) is 23.8 Å². The molecular weight excluding hydrogens is 264 g/mol. The highest BCUT2D eigenvalue weighted by molar-refractivity contribution is 5.48. The summed E-state index contributed by atoms with van der Waals surface area (Å²) in [5, 5.41) is 7.75. The van der Waals surface area contributed by atoms with Gasteiger partial charge in [-0.15, -0.1) is 0 Å². The van der Waals surface area contributed by atoms with Crippen LogP contribution >= 0.6 is 0 Å². The van der Waals surface area contributed by atoms with Gasteiger partial charge in [0.05, 0.1) is 0 Å². The molecule has 2 aromatic rings. The molecule has 2 saturated heterocycles. The first-order valence-electron chi connectivity index (χ1n) is 7.78. The molecule has 2 aliphatic rings. The lowest BCUT2D eigenvalue weighted by Crippen LogP contribution is -2.38. The van der Waals surface area contributed by atoms with Crippen LogP contribution in [0, 0.1) is 12.8 Å². The zero-order chi connectivity index (χ0) is 14.2. The van der Waals surface area contributed by atoms with Crippen LogP contribution in [0.4, 0.5) is 0 Å². The fraction of sp³-hybridized carbons (Fsp3) is 0.562. The van der Waals surface area contributed by atoms with Gasteiger partial charge in [0.1, 0.15) is 5.69 Å². The fourth-order valence-electron chi connectivity index (χ4n) is 3.69. The molecule has 0 aliphatic carbocycles. The third-order valence-corrected chi connectivity index (χ3v) is 4.65. The van der Waals surface area contributed by atoms with Gasteiger partial charge in [-0.2, -0.15) is 4.98 Å². The largest absolute Gasteiger partial charge is 0.339 e. The van der Waals surface area contributed by atoms with Gasteiger partial charge in [-0.05, 0) is 56.2 Å². The Morgan fingerprint density at radius 2 is 2.10 bits per heavy atom. The van der Waals surface area contributed by atoms with Gasteiger partial charge >= 0.3 is 0 Å². The van der Waals surface area contributed by atoms with Crippen molar-refractivity contribution in [3.8, 4) is 11.5 Å². The molecule has 0 amide bonds. The standard InChI is InChI=1S/C16H20N4O/c1-10-4-5-17-14(6-10)16-19-15(21-20-16)9-11-7-12-2-3-13(8-11)18-12/h4-6,11-13,18H,2-3,7-9H2,1H3. The van der Waals surface area contributed by atoms with Crippen molar-refractivity contribution < 1.29 is 4.52 Å². The van der Waals surface area contributed by atoms with E-state index in [1.165, 1.54) is 25.7 Å². The Balaban J connectivity index is 1.47. The number of aromatic nitrogens is 3. The number of piperidine rings is 1. The normalized spacial score (nSPS) is 28.0. The Kier molecular flexibility index (Phi) is 3.22. The molecule has 2 aromatic heterocycles. The van der Waals surface area contributed by atoms with Gasteiger partial charge in [0.2, 0.25) is 11.7 Å². The Labute approximate surface area is 124 Å². The van der Waals surface area contributed by atoms with Crippen LogP contribution in [0.1, 0.15) is 37.1 Å². The van der Waals surface area contributed by atoms with Crippen molar-refractivity contribution in [2.75, 3.05) is 0 Å². The van der Waals surface area contributed by atoms with Crippen molar-refractivity contribution in [1.29, 1.82) is 0 Å². The average molecular weight is 284 g/mol. The van der Waals surface area contributed by atoms with Crippen LogP contribution in [-0.2, 0) is 6.42 Å². The SMILES string of the molecule is Cc1ccnc(-c2noc(CC3CC4CCC(C3)N4)n2)c1. The monoisotopic (exact) mass is 284 g/mol. The van der Waals surface area contributed by atoms with Crippen molar-refractivity contribution in [2.24, 2.45) is 5.92 Å². The van der Waals surface area contributed by atoms with Crippen LogP contribution in [0.15, 0.2) is 22.9 Å². The Hall–Kier alpha value is -1.75. The maximum Gasteiger partial charge on any atom is 0.227 e. The minimum atomic E-state index is 0.602. The molecule has 5 heteroatoms. The van der Waals surface area contributed by atoms with E-state index in [2.05, 4.69) is 20.4 Å². The molecule has 0 radical (unpaired) electrons. The van der Waals surface area contributed by atoms with E-state index >= 15 is 0 Å². The average Bonchev–Trinajstić information content (AvgIpc) is 3.06. The number of nitrogens with zero attached hydrogens (tertiary/aromatic N) is 3. The van der Waals surface area contributed by atoms with Crippen LogP contribution in [-0.4, -0.2) is 27.2 Å². The first kappa shape index (κ1) is 13.0. The van der Waals surface area contributed by atoms with E-state index in [4.69, 9.17) is 4.52 Å². The molecule has 1 N–H and O–H groups in total. The van der Waals surface area contributed by atoms with Gasteiger partial charge in [0.25, 0.3) is 0 Å². The first-order valence-corrected chi connectivity index (χ1v) is 7.78. The molecular formula is C16H20N4O. The lowest BCUT2D eigenvalue weighted by atomic mass is 9.90. The maximum absolute atomic E-state index is 5.43. The van der Waals surface area contributed by atoms with Crippen LogP contribution < -0.4 is 5.32 Å². The van der Waals surface area contributed by atoms with Crippen molar-refractivity contribution in [2.45, 2.75) is 51.1 Å². The van der Waals surface area contributed by atoms with E-state index < -0.39 is 0 Å². The summed E-state index contributed by atoms with van der Waals surface area (Å²) < 4.78 is 5.43. The number of hydrogen-bond donors (Lipinski definition) is 1. The zero-order valence-electron chi connectivity index (χ0n) is 12.2. The molecule has 5 nitrogen and oxygen atoms in total. The van der Waals surface area contributed by atoms with Crippen molar-refractivity contribution >= 4 is 0 Å². The summed E-state index contributed by atoms with van der Waals surface area (Å²) in [6.45, 7) is 2.04. The lowest BCUT2D eigenvalue weighted by molar-refractivity contribution is 0.270. The number of pyridine rings is 1. The van der Waals surface area contributed by atoms with Gasteiger partial charge in [0.15, 0.2) is 0 Å². The highest BCUT2D eigenvalue weighted by Crippen LogP contribution is 2.32. The topological polar surface area (TPSA) is 63.8 Å². The highest BCUT2D eigenvalue weighted by Gasteiger charge is 2.34. The fourth-order valence-corrected chi connectivity index (χ4v) is 3.69. The molecule has 0 saturated carbocycles. The lowest BCUT2D eigenvalue weighted by Gasteiger charge is -2.27. The molecule has 0 spiro atoms. The molecule has 2 unspecified atom stereocenters. The summed E-state index contributed by atoms with van der Waals surface area (Å²) in [6, 6.07) is 5.36. The van der Waals surface area contributed by atoms with Crippen molar-refractivity contribution in [3.05, 3.63) is 29.8 Å². The maximum atomic E-state index is 5.43. The van der Waals surface area contributed by atoms with Crippen molar-refractivity contribution in [3.63, 3.8) is 0 Å². The molecule has 4 rings (SSSR count). The molecule has 2 atom stereocenters. The van der Waals surface area contributed by atoms with Gasteiger partial charge in [-0.25, -0.2) is 0 Å². The van der Waals surface area contributed by atoms with Crippen LogP contribution in [0.3, 0.4) is 0 Å². The molecule has 2 aliphatic heterocycles. The second-order valence-corrected chi connectivity index (χ2v) is 6.41. The van der Waals surface area contributed by atoms with Gasteiger partial charge in [0, 0.05) is 24.7 Å². The summed E-state index contributed by atoms with van der Waals surface area (Å²) in [4.78, 5) is 8.83. The van der Waals surface area contributed by atoms with Crippen LogP contribution in [0.5, 0.6) is 0 Å². The summed E-state index contributed by atoms with van der Waals surface area (Å²) in [7, 11) is 0. The molecule has 4 heterocycles. The van der Waals surface area contributed by atoms with Gasteiger partial charge in [-0.3, -0.25) is 4.98 Å². The molecule has 2 fully saturated rings. The molecule has 0 aromatic carbocycles. The number of aryl methyl sites for hydroxylation is 1. The van der Waals surface area contributed by atoms with Gasteiger partial charge < -0.3 is 9.84 Å². The van der Waals surface area contributed by atoms with Crippen LogP contribution in [0.25, 0.3) is 11.5 Å². The summed E-state index contributed by atoms with van der Waals surface area (Å²) in [5.41, 5.74) is 1.94. The highest BCUT2D eigenvalue weighted by atomic mass is 16.5. The van der Waals surface area contributed by atoms with E-state index in [1.807, 2.05) is 19.1 Å². The summed E-state index contributed by atoms with van der Waals surface area (Å²) >= 11 is 0. The first-order chi connectivity index (χ1) is 10.3. The molecule has 110 valence electrons. The van der Waals surface area contributed by atoms with Gasteiger partial charge in [-0.1, -0.05) is 5.16 Å². The van der Waals surface area contributed by atoms with E-state index in [9.17, 15) is 0 Å². The number of hydrogen-bond acceptors (Lipinski definition) is 5. The third-order valence-electron chi connectivity index (χ3n) is 4.65. The van der Waals surface area contributed by atoms with Crippen molar-refractivity contribution in [1.82, 2.24) is 20.4 Å². The Morgan fingerprint density at radius 1 is 1.29 bits per heavy atom. The second kappa shape index (κ2) is 5.22. The smallest absolute Gasteiger partial charge is 0.227 e. The number of nitrogens with one attached hydrogen (secondary N) is 1. The van der Waals surface area contributed by atoms with E-state index in [0.717, 1.165) is 23.6 Å². The Bertz CT molecular complexity index is 627. The predicted octanol–water partition coefficient (Wildman–Crippen LogP) is 2.51. The predicted molar refractivity (Wildman–Crippen MR) is 78.6 cm³/mol. The van der Waals surface area contributed by atoms with E-state index in [1.54, 1.807) is 6.20 Å². The third kappa shape index (κ3) is 2.70. The summed E-state index contributed by atoms with van der Waals surface area (Å²) in [6.07, 6.45) is 7.79. The Morgan fingerprint density at radius 3 is 2.86 bits per heavy atom. The second-order valence-electron chi connectivity index (χ2n) is 6.41. The quantitative estimate of drug-likeness (QED) is 0.938. The number of rotatable bonds is 3. The van der Waals surface area contributed by atoms with Crippen LogP contribution in [0.2, 0.25) is 0 Å². The minimum Gasteiger partial charge on any atom is -0.339 e. The minimum absolute atomic E-state index is 0.602. The molecule has 2 bridgehead atoms. The zero-order valence-corrected chi connectivity index (χ0v) is 12.2. The summed E-state index contributed by atoms with van der Waals surface area (Å²) in [5.74, 6) is 2.02. The molecule has 21 heavy (non-hydrogen) atoms. The van der Waals surface area contributed by atoms with E-state index in [-0.39, 0.29) is 0 Å². The number of fused-ring (bicyclic) bond motifs is 2.